The summed E-state index contributed by atoms with van der Waals surface area (Å²) in [5, 5.41) is 4.19. The molecule has 0 radical (unpaired) electrons. The second-order valence-corrected chi connectivity index (χ2v) is 5.38. The first-order chi connectivity index (χ1) is 11.8. The molecular formula is C21H20N2O. The first-order valence-corrected chi connectivity index (χ1v) is 7.86. The van der Waals surface area contributed by atoms with Crippen LogP contribution in [0.25, 0.3) is 23.1 Å². The maximum absolute atomic E-state index is 5.23. The van der Waals surface area contributed by atoms with Gasteiger partial charge in [0.1, 0.15) is 5.75 Å². The Morgan fingerprint density at radius 2 is 1.71 bits per heavy atom. The lowest BCUT2D eigenvalue weighted by Crippen LogP contribution is -1.86. The molecule has 1 N–H and O–H groups in total. The summed E-state index contributed by atoms with van der Waals surface area (Å²) in [5.41, 5.74) is 4.17. The van der Waals surface area contributed by atoms with Crippen LogP contribution in [0.2, 0.25) is 0 Å². The van der Waals surface area contributed by atoms with Crippen LogP contribution in [0.1, 0.15) is 11.3 Å². The number of fused-ring (bicyclic) bond motifs is 1. The number of allylic oxidation sites excluding steroid dienone is 2. The molecule has 0 atom stereocenters. The van der Waals surface area contributed by atoms with Gasteiger partial charge in [-0.1, -0.05) is 36.4 Å². The minimum Gasteiger partial charge on any atom is -0.497 e. The quantitative estimate of drug-likeness (QED) is 0.672. The lowest BCUT2D eigenvalue weighted by atomic mass is 10.1. The molecule has 0 aliphatic carbocycles. The Morgan fingerprint density at radius 3 is 2.46 bits per heavy atom. The number of nitrogens with one attached hydrogen (secondary N) is 1. The molecule has 2 aromatic carbocycles. The largest absolute Gasteiger partial charge is 0.497 e. The van der Waals surface area contributed by atoms with Crippen LogP contribution in [0.5, 0.6) is 5.75 Å². The minimum absolute atomic E-state index is 0.847. The van der Waals surface area contributed by atoms with Crippen molar-refractivity contribution in [2.75, 3.05) is 19.5 Å². The third-order valence-electron chi connectivity index (χ3n) is 3.78. The standard InChI is InChI=1S/C21H20N2O/c1-22-18-10-7-16(8-11-18)5-3-4-6-19-12-9-17-15-20(24-2)13-14-21(17)23-19/h3-15,22H,1-2H3/b5-3+,6-4+. The molecule has 0 unspecified atom stereocenters. The maximum Gasteiger partial charge on any atom is 0.119 e. The van der Waals surface area contributed by atoms with Crippen molar-refractivity contribution in [3.63, 3.8) is 0 Å². The van der Waals surface area contributed by atoms with Gasteiger partial charge in [0.2, 0.25) is 0 Å². The molecule has 0 fully saturated rings. The van der Waals surface area contributed by atoms with Gasteiger partial charge in [-0.05, 0) is 48.0 Å². The Labute approximate surface area is 142 Å². The monoisotopic (exact) mass is 316 g/mol. The minimum atomic E-state index is 0.847. The van der Waals surface area contributed by atoms with Gasteiger partial charge in [-0.2, -0.15) is 0 Å². The van der Waals surface area contributed by atoms with E-state index in [0.29, 0.717) is 0 Å². The van der Waals surface area contributed by atoms with Gasteiger partial charge in [0, 0.05) is 18.1 Å². The first kappa shape index (κ1) is 15.8. The Balaban J connectivity index is 1.71. The van der Waals surface area contributed by atoms with Crippen LogP contribution in [0.15, 0.2) is 66.7 Å². The van der Waals surface area contributed by atoms with Crippen LogP contribution in [-0.4, -0.2) is 19.1 Å². The highest BCUT2D eigenvalue weighted by molar-refractivity contribution is 5.81. The van der Waals surface area contributed by atoms with E-state index in [2.05, 4.69) is 46.7 Å². The summed E-state index contributed by atoms with van der Waals surface area (Å²) in [6, 6.07) is 18.2. The number of anilines is 1. The highest BCUT2D eigenvalue weighted by Gasteiger charge is 1.98. The molecule has 0 bridgehead atoms. The van der Waals surface area contributed by atoms with E-state index in [1.165, 1.54) is 0 Å². The fourth-order valence-electron chi connectivity index (χ4n) is 2.42. The van der Waals surface area contributed by atoms with E-state index in [-0.39, 0.29) is 0 Å². The lowest BCUT2D eigenvalue weighted by Gasteiger charge is -2.02. The Kier molecular flexibility index (Phi) is 4.92. The average Bonchev–Trinajstić information content (AvgIpc) is 2.65. The zero-order valence-corrected chi connectivity index (χ0v) is 13.9. The Bertz CT molecular complexity index is 880. The smallest absolute Gasteiger partial charge is 0.119 e. The van der Waals surface area contributed by atoms with Gasteiger partial charge in [-0.25, -0.2) is 4.98 Å². The SMILES string of the molecule is CNc1ccc(/C=C/C=C/c2ccc3cc(OC)ccc3n2)cc1. The van der Waals surface area contributed by atoms with Crippen molar-refractivity contribution in [1.82, 2.24) is 4.98 Å². The third kappa shape index (κ3) is 3.82. The number of hydrogen-bond acceptors (Lipinski definition) is 3. The average molecular weight is 316 g/mol. The molecule has 3 heteroatoms. The van der Waals surface area contributed by atoms with Crippen LogP contribution in [0, 0.1) is 0 Å². The van der Waals surface area contributed by atoms with Crippen molar-refractivity contribution in [1.29, 1.82) is 0 Å². The second-order valence-electron chi connectivity index (χ2n) is 5.38. The van der Waals surface area contributed by atoms with Crippen molar-refractivity contribution in [3.05, 3.63) is 78.0 Å². The van der Waals surface area contributed by atoms with Gasteiger partial charge >= 0.3 is 0 Å². The topological polar surface area (TPSA) is 34.1 Å². The molecular weight excluding hydrogens is 296 g/mol. The number of nitrogens with zero attached hydrogens (tertiary/aromatic N) is 1. The molecule has 3 aromatic rings. The van der Waals surface area contributed by atoms with E-state index in [4.69, 9.17) is 4.74 Å². The number of pyridine rings is 1. The summed E-state index contributed by atoms with van der Waals surface area (Å²) in [7, 11) is 3.59. The van der Waals surface area contributed by atoms with Crippen molar-refractivity contribution in [2.24, 2.45) is 0 Å². The van der Waals surface area contributed by atoms with Gasteiger partial charge in [0.15, 0.2) is 0 Å². The normalized spacial score (nSPS) is 11.4. The zero-order valence-electron chi connectivity index (χ0n) is 13.9. The fraction of sp³-hybridized carbons (Fsp3) is 0.0952. The van der Waals surface area contributed by atoms with Gasteiger partial charge in [0.25, 0.3) is 0 Å². The number of ether oxygens (including phenoxy) is 1. The Morgan fingerprint density at radius 1 is 0.917 bits per heavy atom. The first-order valence-electron chi connectivity index (χ1n) is 7.86. The summed E-state index contributed by atoms with van der Waals surface area (Å²) in [5.74, 6) is 0.847. The number of rotatable bonds is 5. The van der Waals surface area contributed by atoms with E-state index >= 15 is 0 Å². The summed E-state index contributed by atoms with van der Waals surface area (Å²) >= 11 is 0. The summed E-state index contributed by atoms with van der Waals surface area (Å²) in [4.78, 5) is 4.63. The molecule has 0 aliphatic rings. The molecule has 0 saturated carbocycles. The summed E-state index contributed by atoms with van der Waals surface area (Å²) in [6.07, 6.45) is 8.10. The van der Waals surface area contributed by atoms with Crippen LogP contribution in [-0.2, 0) is 0 Å². The molecule has 24 heavy (non-hydrogen) atoms. The van der Waals surface area contributed by atoms with Crippen molar-refractivity contribution >= 4 is 28.7 Å². The van der Waals surface area contributed by atoms with E-state index in [0.717, 1.165) is 33.6 Å². The number of aromatic nitrogens is 1. The number of hydrogen-bond donors (Lipinski definition) is 1. The van der Waals surface area contributed by atoms with Crippen LogP contribution >= 0.6 is 0 Å². The number of benzene rings is 2. The van der Waals surface area contributed by atoms with Crippen LogP contribution in [0.3, 0.4) is 0 Å². The van der Waals surface area contributed by atoms with E-state index < -0.39 is 0 Å². The maximum atomic E-state index is 5.23. The molecule has 0 spiro atoms. The molecule has 1 heterocycles. The highest BCUT2D eigenvalue weighted by Crippen LogP contribution is 2.20. The van der Waals surface area contributed by atoms with Crippen molar-refractivity contribution < 1.29 is 4.74 Å². The lowest BCUT2D eigenvalue weighted by molar-refractivity contribution is 0.415. The second kappa shape index (κ2) is 7.47. The van der Waals surface area contributed by atoms with Gasteiger partial charge in [0.05, 0.1) is 18.3 Å². The van der Waals surface area contributed by atoms with E-state index in [9.17, 15) is 0 Å². The van der Waals surface area contributed by atoms with E-state index in [1.807, 2.05) is 49.5 Å². The molecule has 3 rings (SSSR count). The number of methoxy groups -OCH3 is 1. The molecule has 120 valence electrons. The molecule has 1 aromatic heterocycles. The van der Waals surface area contributed by atoms with Gasteiger partial charge in [-0.15, -0.1) is 0 Å². The third-order valence-corrected chi connectivity index (χ3v) is 3.78. The van der Waals surface area contributed by atoms with Crippen molar-refractivity contribution in [2.45, 2.75) is 0 Å². The van der Waals surface area contributed by atoms with Gasteiger partial charge in [-0.3, -0.25) is 0 Å². The summed E-state index contributed by atoms with van der Waals surface area (Å²) in [6.45, 7) is 0. The Hall–Kier alpha value is -3.07. The van der Waals surface area contributed by atoms with Gasteiger partial charge < -0.3 is 10.1 Å². The molecule has 0 aliphatic heterocycles. The van der Waals surface area contributed by atoms with Crippen LogP contribution < -0.4 is 10.1 Å². The molecule has 0 amide bonds. The highest BCUT2D eigenvalue weighted by atomic mass is 16.5. The molecule has 3 nitrogen and oxygen atoms in total. The van der Waals surface area contributed by atoms with E-state index in [1.54, 1.807) is 7.11 Å². The molecule has 0 saturated heterocycles. The predicted octanol–water partition coefficient (Wildman–Crippen LogP) is 5.01. The van der Waals surface area contributed by atoms with Crippen molar-refractivity contribution in [3.8, 4) is 5.75 Å². The summed E-state index contributed by atoms with van der Waals surface area (Å²) < 4.78 is 5.23. The zero-order chi connectivity index (χ0) is 16.8. The predicted molar refractivity (Wildman–Crippen MR) is 102 cm³/mol. The fourth-order valence-corrected chi connectivity index (χ4v) is 2.42. The van der Waals surface area contributed by atoms with Crippen LogP contribution in [0.4, 0.5) is 5.69 Å².